The normalized spacial score (nSPS) is 21.7. The van der Waals surface area contributed by atoms with Gasteiger partial charge in [-0.3, -0.25) is 4.79 Å². The molecule has 0 unspecified atom stereocenters. The first kappa shape index (κ1) is 21.6. The zero-order valence-electron chi connectivity index (χ0n) is 16.9. The van der Waals surface area contributed by atoms with Gasteiger partial charge in [-0.25, -0.2) is 4.79 Å². The number of ether oxygens (including phenoxy) is 2. The predicted molar refractivity (Wildman–Crippen MR) is 104 cm³/mol. The summed E-state index contributed by atoms with van der Waals surface area (Å²) in [5.74, 6) is -0.942. The summed E-state index contributed by atoms with van der Waals surface area (Å²) in [4.78, 5) is 29.9. The maximum Gasteiger partial charge on any atom is 0.410 e. The van der Waals surface area contributed by atoms with Crippen LogP contribution in [0.4, 0.5) is 4.79 Å². The molecule has 0 radical (unpaired) electrons. The molecule has 1 aliphatic rings. The first-order valence-corrected chi connectivity index (χ1v) is 9.47. The number of carbonyl (C=O) groups excluding carboxylic acids is 2. The van der Waals surface area contributed by atoms with Crippen LogP contribution in [-0.4, -0.2) is 41.2 Å². The summed E-state index contributed by atoms with van der Waals surface area (Å²) in [7, 11) is 0. The lowest BCUT2D eigenvalue weighted by Crippen LogP contribution is -2.46. The molecular weight excluding hydrogens is 360 g/mol. The van der Waals surface area contributed by atoms with Crippen molar-refractivity contribution in [1.82, 2.24) is 4.90 Å². The quantitative estimate of drug-likeness (QED) is 0.311. The van der Waals surface area contributed by atoms with Gasteiger partial charge in [0.1, 0.15) is 12.2 Å². The lowest BCUT2D eigenvalue weighted by Gasteiger charge is -2.27. The number of benzene rings is 1. The van der Waals surface area contributed by atoms with Crippen LogP contribution < -0.4 is 0 Å². The molecule has 0 spiro atoms. The molecule has 1 amide bonds. The Bertz CT molecular complexity index is 740. The minimum atomic E-state index is -1.45. The molecule has 1 aromatic carbocycles. The van der Waals surface area contributed by atoms with E-state index in [4.69, 9.17) is 15.0 Å². The maximum atomic E-state index is 13.0. The summed E-state index contributed by atoms with van der Waals surface area (Å²) >= 11 is 0. The van der Waals surface area contributed by atoms with Crippen molar-refractivity contribution < 1.29 is 19.1 Å². The zero-order valence-corrected chi connectivity index (χ0v) is 16.9. The number of nitrogens with zero attached hydrogens (tertiary/aromatic N) is 4. The first-order chi connectivity index (χ1) is 13.2. The molecule has 0 aliphatic carbocycles. The second-order valence-electron chi connectivity index (χ2n) is 8.02. The van der Waals surface area contributed by atoms with E-state index in [0.717, 1.165) is 12.0 Å². The van der Waals surface area contributed by atoms with E-state index in [9.17, 15) is 9.59 Å². The highest BCUT2D eigenvalue weighted by Gasteiger charge is 2.54. The molecule has 1 fully saturated rings. The van der Waals surface area contributed by atoms with Crippen molar-refractivity contribution in [2.75, 3.05) is 13.1 Å². The topological polar surface area (TPSA) is 105 Å². The largest absolute Gasteiger partial charge is 0.460 e. The monoisotopic (exact) mass is 388 g/mol. The first-order valence-electron chi connectivity index (χ1n) is 9.47. The highest BCUT2D eigenvalue weighted by molar-refractivity contribution is 5.84. The van der Waals surface area contributed by atoms with Crippen LogP contribution in [0.5, 0.6) is 0 Å². The van der Waals surface area contributed by atoms with Gasteiger partial charge in [0.25, 0.3) is 0 Å². The number of amides is 1. The highest BCUT2D eigenvalue weighted by atomic mass is 16.6. The smallest absolute Gasteiger partial charge is 0.410 e. The van der Waals surface area contributed by atoms with Crippen molar-refractivity contribution in [3.8, 4) is 0 Å². The Kier molecular flexibility index (Phi) is 6.91. The van der Waals surface area contributed by atoms with Crippen LogP contribution in [0.1, 0.15) is 46.1 Å². The van der Waals surface area contributed by atoms with Crippen molar-refractivity contribution in [2.45, 2.75) is 58.3 Å². The van der Waals surface area contributed by atoms with Gasteiger partial charge in [-0.2, -0.15) is 0 Å². The lowest BCUT2D eigenvalue weighted by atomic mass is 9.85. The molecule has 1 aromatic rings. The maximum absolute atomic E-state index is 13.0. The van der Waals surface area contributed by atoms with E-state index in [1.165, 1.54) is 4.90 Å². The number of hydrogen-bond acceptors (Lipinski definition) is 5. The molecule has 152 valence electrons. The molecular formula is C20H28N4O4. The zero-order chi connectivity index (χ0) is 20.8. The standard InChI is InChI=1S/C20H28N4O4/c1-5-9-16-12-24(18(26)28-19(2,3)4)14-20(16,22-23-21)17(25)27-13-15-10-7-6-8-11-15/h6-8,10-11,16H,5,9,12-14H2,1-4H3/t16-,20-/m0/s1. The molecule has 1 heterocycles. The fraction of sp³-hybridized carbons (Fsp3) is 0.600. The molecule has 28 heavy (non-hydrogen) atoms. The van der Waals surface area contributed by atoms with Crippen LogP contribution in [0.25, 0.3) is 10.4 Å². The Labute approximate surface area is 165 Å². The molecule has 0 N–H and O–H groups in total. The molecule has 8 nitrogen and oxygen atoms in total. The van der Waals surface area contributed by atoms with E-state index in [1.807, 2.05) is 37.3 Å². The number of carbonyl (C=O) groups is 2. The van der Waals surface area contributed by atoms with E-state index in [-0.39, 0.29) is 25.6 Å². The average molecular weight is 388 g/mol. The van der Waals surface area contributed by atoms with Crippen molar-refractivity contribution in [3.05, 3.63) is 46.3 Å². The van der Waals surface area contributed by atoms with Gasteiger partial charge in [0.2, 0.25) is 0 Å². The Morgan fingerprint density at radius 2 is 2.00 bits per heavy atom. The van der Waals surface area contributed by atoms with Crippen LogP contribution in [0.2, 0.25) is 0 Å². The van der Waals surface area contributed by atoms with Gasteiger partial charge in [-0.15, -0.1) is 0 Å². The van der Waals surface area contributed by atoms with Crippen LogP contribution in [0, 0.1) is 5.92 Å². The molecule has 0 bridgehead atoms. The van der Waals surface area contributed by atoms with E-state index in [0.29, 0.717) is 6.42 Å². The van der Waals surface area contributed by atoms with E-state index < -0.39 is 23.2 Å². The van der Waals surface area contributed by atoms with E-state index in [1.54, 1.807) is 20.8 Å². The van der Waals surface area contributed by atoms with Gasteiger partial charge in [-0.05, 0) is 38.3 Å². The molecule has 8 heteroatoms. The predicted octanol–water partition coefficient (Wildman–Crippen LogP) is 4.45. The van der Waals surface area contributed by atoms with Crippen LogP contribution >= 0.6 is 0 Å². The van der Waals surface area contributed by atoms with Crippen molar-refractivity contribution >= 4 is 12.1 Å². The fourth-order valence-corrected chi connectivity index (χ4v) is 3.36. The van der Waals surface area contributed by atoms with Crippen molar-refractivity contribution in [3.63, 3.8) is 0 Å². The fourth-order valence-electron chi connectivity index (χ4n) is 3.36. The van der Waals surface area contributed by atoms with Gasteiger partial charge in [0, 0.05) is 23.9 Å². The third-order valence-electron chi connectivity index (χ3n) is 4.63. The summed E-state index contributed by atoms with van der Waals surface area (Å²) in [6.07, 6.45) is 0.875. The highest BCUT2D eigenvalue weighted by Crippen LogP contribution is 2.37. The number of hydrogen-bond donors (Lipinski definition) is 0. The lowest BCUT2D eigenvalue weighted by molar-refractivity contribution is -0.152. The molecule has 0 saturated carbocycles. The third kappa shape index (κ3) is 5.16. The van der Waals surface area contributed by atoms with Gasteiger partial charge in [0.05, 0.1) is 0 Å². The SMILES string of the molecule is CCC[C@H]1CN(C(=O)OC(C)(C)C)C[C@@]1(N=[N+]=[N-])C(=O)OCc1ccccc1. The van der Waals surface area contributed by atoms with E-state index in [2.05, 4.69) is 10.0 Å². The molecule has 0 aromatic heterocycles. The summed E-state index contributed by atoms with van der Waals surface area (Å²) in [6.45, 7) is 7.62. The Hall–Kier alpha value is -2.73. The Balaban J connectivity index is 2.23. The van der Waals surface area contributed by atoms with Gasteiger partial charge >= 0.3 is 12.1 Å². The number of rotatable bonds is 6. The summed E-state index contributed by atoms with van der Waals surface area (Å²) < 4.78 is 10.9. The van der Waals surface area contributed by atoms with Crippen LogP contribution in [0.15, 0.2) is 35.4 Å². The number of azide groups is 1. The number of likely N-dealkylation sites (tertiary alicyclic amines) is 1. The van der Waals surface area contributed by atoms with Gasteiger partial charge < -0.3 is 14.4 Å². The summed E-state index contributed by atoms with van der Waals surface area (Å²) in [5, 5.41) is 3.85. The van der Waals surface area contributed by atoms with Crippen molar-refractivity contribution in [2.24, 2.45) is 11.0 Å². The van der Waals surface area contributed by atoms with E-state index >= 15 is 0 Å². The second kappa shape index (κ2) is 8.97. The minimum Gasteiger partial charge on any atom is -0.460 e. The van der Waals surface area contributed by atoms with Crippen LogP contribution in [-0.2, 0) is 20.9 Å². The Morgan fingerprint density at radius 3 is 2.57 bits per heavy atom. The number of esters is 1. The minimum absolute atomic E-state index is 0.0513. The Morgan fingerprint density at radius 1 is 1.32 bits per heavy atom. The third-order valence-corrected chi connectivity index (χ3v) is 4.63. The molecule has 1 saturated heterocycles. The van der Waals surface area contributed by atoms with Gasteiger partial charge in [-0.1, -0.05) is 48.8 Å². The average Bonchev–Trinajstić information content (AvgIpc) is 3.00. The van der Waals surface area contributed by atoms with Gasteiger partial charge in [0.15, 0.2) is 5.54 Å². The summed E-state index contributed by atoms with van der Waals surface area (Å²) in [5.41, 5.74) is 7.87. The van der Waals surface area contributed by atoms with Crippen LogP contribution in [0.3, 0.4) is 0 Å². The second-order valence-corrected chi connectivity index (χ2v) is 8.02. The molecule has 2 rings (SSSR count). The molecule has 2 atom stereocenters. The van der Waals surface area contributed by atoms with Crippen molar-refractivity contribution in [1.29, 1.82) is 0 Å². The molecule has 1 aliphatic heterocycles. The summed E-state index contributed by atoms with van der Waals surface area (Å²) in [6, 6.07) is 9.27.